The molecule has 1 aromatic heterocycles. The zero-order valence-electron chi connectivity index (χ0n) is 14.9. The standard InChI is InChI=1S/C20H17BrF3N3O/c1-13-18(21)19(20(22,23)24)26-27(13)12-11-17(28)25-16-9-7-15(8-10-16)14-5-3-2-4-6-14/h2-10H,11-12H2,1H3,(H,25,28). The maximum Gasteiger partial charge on any atom is 0.436 e. The van der Waals surface area contributed by atoms with Crippen molar-refractivity contribution in [1.82, 2.24) is 9.78 Å². The van der Waals surface area contributed by atoms with E-state index >= 15 is 0 Å². The highest BCUT2D eigenvalue weighted by atomic mass is 79.9. The maximum atomic E-state index is 12.9. The van der Waals surface area contributed by atoms with Gasteiger partial charge in [0.2, 0.25) is 5.91 Å². The van der Waals surface area contributed by atoms with Crippen LogP contribution in [0.15, 0.2) is 59.1 Å². The largest absolute Gasteiger partial charge is 0.436 e. The van der Waals surface area contributed by atoms with Crippen molar-refractivity contribution in [3.63, 3.8) is 0 Å². The number of amides is 1. The van der Waals surface area contributed by atoms with Crippen molar-refractivity contribution in [2.45, 2.75) is 26.1 Å². The summed E-state index contributed by atoms with van der Waals surface area (Å²) in [7, 11) is 0. The number of aromatic nitrogens is 2. The molecule has 3 aromatic rings. The van der Waals surface area contributed by atoms with E-state index in [1.54, 1.807) is 12.1 Å². The number of rotatable bonds is 5. The fraction of sp³-hybridized carbons (Fsp3) is 0.200. The minimum absolute atomic E-state index is 0.00664. The predicted octanol–water partition coefficient (Wildman–Crippen LogP) is 5.67. The molecule has 0 fully saturated rings. The summed E-state index contributed by atoms with van der Waals surface area (Å²) >= 11 is 2.92. The minimum Gasteiger partial charge on any atom is -0.326 e. The van der Waals surface area contributed by atoms with Crippen LogP contribution in [0.2, 0.25) is 0 Å². The summed E-state index contributed by atoms with van der Waals surface area (Å²) in [4.78, 5) is 12.2. The average molecular weight is 452 g/mol. The number of halogens is 4. The van der Waals surface area contributed by atoms with E-state index in [1.165, 1.54) is 11.6 Å². The molecule has 0 aliphatic rings. The molecular weight excluding hydrogens is 435 g/mol. The number of anilines is 1. The molecular formula is C20H17BrF3N3O. The van der Waals surface area contributed by atoms with Crippen LogP contribution in [0.5, 0.6) is 0 Å². The SMILES string of the molecule is Cc1c(Br)c(C(F)(F)F)nn1CCC(=O)Nc1ccc(-c2ccccc2)cc1. The Hall–Kier alpha value is -2.61. The van der Waals surface area contributed by atoms with Crippen LogP contribution in [0.25, 0.3) is 11.1 Å². The lowest BCUT2D eigenvalue weighted by molar-refractivity contribution is -0.142. The second-order valence-electron chi connectivity index (χ2n) is 6.21. The monoisotopic (exact) mass is 451 g/mol. The summed E-state index contributed by atoms with van der Waals surface area (Å²) in [5, 5.41) is 6.32. The van der Waals surface area contributed by atoms with E-state index < -0.39 is 11.9 Å². The third kappa shape index (κ3) is 4.62. The highest BCUT2D eigenvalue weighted by Crippen LogP contribution is 2.35. The number of hydrogen-bond donors (Lipinski definition) is 1. The van der Waals surface area contributed by atoms with Crippen molar-refractivity contribution in [2.24, 2.45) is 0 Å². The molecule has 0 bridgehead atoms. The van der Waals surface area contributed by atoms with E-state index in [1.807, 2.05) is 42.5 Å². The maximum absolute atomic E-state index is 12.9. The van der Waals surface area contributed by atoms with Gasteiger partial charge in [-0.1, -0.05) is 42.5 Å². The number of carbonyl (C=O) groups is 1. The van der Waals surface area contributed by atoms with Gasteiger partial charge in [-0.2, -0.15) is 18.3 Å². The van der Waals surface area contributed by atoms with Crippen LogP contribution < -0.4 is 5.32 Å². The Kier molecular flexibility index (Phi) is 5.88. The van der Waals surface area contributed by atoms with Gasteiger partial charge in [0, 0.05) is 12.1 Å². The number of aryl methyl sites for hydroxylation is 1. The molecule has 0 aliphatic carbocycles. The fourth-order valence-corrected chi connectivity index (χ4v) is 3.24. The summed E-state index contributed by atoms with van der Waals surface area (Å²) in [5.74, 6) is -0.299. The molecule has 0 unspecified atom stereocenters. The number of hydrogen-bond acceptors (Lipinski definition) is 2. The lowest BCUT2D eigenvalue weighted by Crippen LogP contribution is -2.16. The van der Waals surface area contributed by atoms with Gasteiger partial charge in [-0.05, 0) is 46.1 Å². The van der Waals surface area contributed by atoms with Crippen LogP contribution in [0.4, 0.5) is 18.9 Å². The molecule has 0 radical (unpaired) electrons. The lowest BCUT2D eigenvalue weighted by Gasteiger charge is -2.08. The fourth-order valence-electron chi connectivity index (χ4n) is 2.73. The molecule has 146 valence electrons. The average Bonchev–Trinajstić information content (AvgIpc) is 2.96. The van der Waals surface area contributed by atoms with Gasteiger partial charge in [-0.25, -0.2) is 0 Å². The van der Waals surface area contributed by atoms with E-state index in [0.717, 1.165) is 11.1 Å². The first kappa shape index (κ1) is 20.1. The smallest absolute Gasteiger partial charge is 0.326 e. The number of alkyl halides is 3. The Morgan fingerprint density at radius 1 is 1.07 bits per heavy atom. The molecule has 1 heterocycles. The van der Waals surface area contributed by atoms with Crippen LogP contribution in [0, 0.1) is 6.92 Å². The van der Waals surface area contributed by atoms with Gasteiger partial charge in [-0.3, -0.25) is 9.48 Å². The van der Waals surface area contributed by atoms with Crippen molar-refractivity contribution in [1.29, 1.82) is 0 Å². The van der Waals surface area contributed by atoms with Gasteiger partial charge >= 0.3 is 6.18 Å². The zero-order valence-corrected chi connectivity index (χ0v) is 16.5. The van der Waals surface area contributed by atoms with E-state index in [4.69, 9.17) is 0 Å². The predicted molar refractivity (Wildman–Crippen MR) is 105 cm³/mol. The Bertz CT molecular complexity index is 967. The Balaban J connectivity index is 1.61. The van der Waals surface area contributed by atoms with E-state index in [9.17, 15) is 18.0 Å². The third-order valence-electron chi connectivity index (χ3n) is 4.23. The molecule has 8 heteroatoms. The zero-order chi connectivity index (χ0) is 20.3. The van der Waals surface area contributed by atoms with E-state index in [2.05, 4.69) is 26.3 Å². The molecule has 0 atom stereocenters. The van der Waals surface area contributed by atoms with Crippen LogP contribution in [0.3, 0.4) is 0 Å². The summed E-state index contributed by atoms with van der Waals surface area (Å²) in [6.45, 7) is 1.57. The molecule has 0 saturated heterocycles. The summed E-state index contributed by atoms with van der Waals surface area (Å²) in [6.07, 6.45) is -4.54. The third-order valence-corrected chi connectivity index (χ3v) is 5.18. The highest BCUT2D eigenvalue weighted by molar-refractivity contribution is 9.10. The molecule has 2 aromatic carbocycles. The molecule has 3 rings (SSSR count). The second kappa shape index (κ2) is 8.18. The van der Waals surface area contributed by atoms with Gasteiger partial charge in [-0.15, -0.1) is 0 Å². The molecule has 0 aliphatic heterocycles. The normalized spacial score (nSPS) is 11.5. The molecule has 1 N–H and O–H groups in total. The van der Waals surface area contributed by atoms with Crippen molar-refractivity contribution in [2.75, 3.05) is 5.32 Å². The van der Waals surface area contributed by atoms with Crippen molar-refractivity contribution >= 4 is 27.5 Å². The highest BCUT2D eigenvalue weighted by Gasteiger charge is 2.37. The van der Waals surface area contributed by atoms with E-state index in [0.29, 0.717) is 11.4 Å². The van der Waals surface area contributed by atoms with Gasteiger partial charge in [0.05, 0.1) is 16.7 Å². The van der Waals surface area contributed by atoms with Crippen LogP contribution >= 0.6 is 15.9 Å². The van der Waals surface area contributed by atoms with E-state index in [-0.39, 0.29) is 23.3 Å². The Morgan fingerprint density at radius 3 is 2.25 bits per heavy atom. The summed E-state index contributed by atoms with van der Waals surface area (Å²) < 4.78 is 39.8. The van der Waals surface area contributed by atoms with Crippen molar-refractivity contribution in [3.05, 3.63) is 70.5 Å². The Morgan fingerprint density at radius 2 is 1.68 bits per heavy atom. The number of carbonyl (C=O) groups excluding carboxylic acids is 1. The topological polar surface area (TPSA) is 46.9 Å². The van der Waals surface area contributed by atoms with Crippen LogP contribution in [-0.2, 0) is 17.5 Å². The van der Waals surface area contributed by atoms with Gasteiger partial charge in [0.1, 0.15) is 0 Å². The molecule has 4 nitrogen and oxygen atoms in total. The molecule has 28 heavy (non-hydrogen) atoms. The van der Waals surface area contributed by atoms with Gasteiger partial charge in [0.25, 0.3) is 0 Å². The van der Waals surface area contributed by atoms with Gasteiger partial charge in [0.15, 0.2) is 5.69 Å². The first-order valence-corrected chi connectivity index (χ1v) is 9.30. The quantitative estimate of drug-likeness (QED) is 0.543. The lowest BCUT2D eigenvalue weighted by atomic mass is 10.1. The second-order valence-corrected chi connectivity index (χ2v) is 7.00. The van der Waals surface area contributed by atoms with Gasteiger partial charge < -0.3 is 5.32 Å². The van der Waals surface area contributed by atoms with Crippen LogP contribution in [0.1, 0.15) is 17.8 Å². The van der Waals surface area contributed by atoms with Crippen molar-refractivity contribution in [3.8, 4) is 11.1 Å². The number of nitrogens with one attached hydrogen (secondary N) is 1. The van der Waals surface area contributed by atoms with Crippen molar-refractivity contribution < 1.29 is 18.0 Å². The summed E-state index contributed by atoms with van der Waals surface area (Å²) in [6, 6.07) is 17.2. The Labute approximate surface area is 168 Å². The van der Waals surface area contributed by atoms with Crippen LogP contribution in [-0.4, -0.2) is 15.7 Å². The summed E-state index contributed by atoms with van der Waals surface area (Å²) in [5.41, 5.74) is 2.06. The first-order valence-electron chi connectivity index (χ1n) is 8.51. The number of nitrogens with zero attached hydrogens (tertiary/aromatic N) is 2. The molecule has 0 saturated carbocycles. The minimum atomic E-state index is -4.54. The first-order chi connectivity index (χ1) is 13.3. The molecule has 1 amide bonds. The molecule has 0 spiro atoms. The number of benzene rings is 2.